The standard InChI is InChI=1S/C44H84O6/c1-5-7-9-11-13-15-16-20-23-27-31-35-42(45)48-38-41(50-44(47)37-33-29-25-18-14-12-10-8-6-2)39-49-43(46)36-32-28-24-21-17-19-22-26-30-34-40(3)4/h40-41H,5-39H2,1-4H3/t41-/m0/s1. The SMILES string of the molecule is CCCCCCCCCCCCCC(=O)OC[C@@H](COC(=O)CCCCCCCCCCCC(C)C)OC(=O)CCCCCCCCCCC. The minimum Gasteiger partial charge on any atom is -0.462 e. The summed E-state index contributed by atoms with van der Waals surface area (Å²) in [4.78, 5) is 37.6. The highest BCUT2D eigenvalue weighted by Crippen LogP contribution is 2.16. The number of carbonyl (C=O) groups excluding carboxylic acids is 3. The highest BCUT2D eigenvalue weighted by Gasteiger charge is 2.19. The van der Waals surface area contributed by atoms with E-state index in [0.717, 1.165) is 63.7 Å². The Balaban J connectivity index is 4.32. The van der Waals surface area contributed by atoms with E-state index in [9.17, 15) is 14.4 Å². The van der Waals surface area contributed by atoms with E-state index in [4.69, 9.17) is 14.2 Å². The molecule has 0 aliphatic carbocycles. The minimum absolute atomic E-state index is 0.0644. The van der Waals surface area contributed by atoms with E-state index in [-0.39, 0.29) is 31.1 Å². The van der Waals surface area contributed by atoms with E-state index in [0.29, 0.717) is 19.3 Å². The molecule has 6 heteroatoms. The molecule has 0 N–H and O–H groups in total. The Morgan fingerprint density at radius 1 is 0.380 bits per heavy atom. The summed E-state index contributed by atoms with van der Waals surface area (Å²) in [7, 11) is 0. The molecule has 50 heavy (non-hydrogen) atoms. The first kappa shape index (κ1) is 48.4. The molecule has 0 bridgehead atoms. The van der Waals surface area contributed by atoms with Gasteiger partial charge in [0.05, 0.1) is 0 Å². The van der Waals surface area contributed by atoms with Crippen LogP contribution in [-0.4, -0.2) is 37.2 Å². The van der Waals surface area contributed by atoms with Crippen molar-refractivity contribution >= 4 is 17.9 Å². The average molecular weight is 709 g/mol. The maximum absolute atomic E-state index is 12.6. The summed E-state index contributed by atoms with van der Waals surface area (Å²) in [6.07, 6.45) is 36.6. The number of carbonyl (C=O) groups is 3. The quantitative estimate of drug-likeness (QED) is 0.0359. The van der Waals surface area contributed by atoms with Crippen LogP contribution >= 0.6 is 0 Å². The van der Waals surface area contributed by atoms with E-state index in [2.05, 4.69) is 27.7 Å². The van der Waals surface area contributed by atoms with Crippen LogP contribution in [0.5, 0.6) is 0 Å². The van der Waals surface area contributed by atoms with Gasteiger partial charge in [0, 0.05) is 19.3 Å². The molecule has 6 nitrogen and oxygen atoms in total. The molecular weight excluding hydrogens is 624 g/mol. The van der Waals surface area contributed by atoms with Crippen LogP contribution in [0.2, 0.25) is 0 Å². The van der Waals surface area contributed by atoms with Crippen molar-refractivity contribution in [1.82, 2.24) is 0 Å². The van der Waals surface area contributed by atoms with E-state index in [1.165, 1.54) is 135 Å². The summed E-state index contributed by atoms with van der Waals surface area (Å²) in [6.45, 7) is 8.94. The molecule has 0 radical (unpaired) electrons. The predicted molar refractivity (Wildman–Crippen MR) is 210 cm³/mol. The van der Waals surface area contributed by atoms with Crippen LogP contribution in [-0.2, 0) is 28.6 Å². The minimum atomic E-state index is -0.758. The monoisotopic (exact) mass is 709 g/mol. The second-order valence-electron chi connectivity index (χ2n) is 15.5. The second kappa shape index (κ2) is 38.6. The molecule has 0 aromatic carbocycles. The molecule has 0 unspecified atom stereocenters. The summed E-state index contributed by atoms with van der Waals surface area (Å²) in [6, 6.07) is 0. The van der Waals surface area contributed by atoms with Crippen molar-refractivity contribution in [2.24, 2.45) is 5.92 Å². The Morgan fingerprint density at radius 3 is 0.980 bits per heavy atom. The zero-order valence-electron chi connectivity index (χ0n) is 33.9. The number of unbranched alkanes of at least 4 members (excludes halogenated alkanes) is 26. The topological polar surface area (TPSA) is 78.9 Å². The molecule has 0 heterocycles. The van der Waals surface area contributed by atoms with Gasteiger partial charge in [-0.3, -0.25) is 14.4 Å². The van der Waals surface area contributed by atoms with Gasteiger partial charge in [0.15, 0.2) is 6.10 Å². The Bertz CT molecular complexity index is 751. The van der Waals surface area contributed by atoms with Crippen molar-refractivity contribution in [3.05, 3.63) is 0 Å². The van der Waals surface area contributed by atoms with Crippen molar-refractivity contribution in [3.8, 4) is 0 Å². The van der Waals surface area contributed by atoms with Crippen LogP contribution in [0.15, 0.2) is 0 Å². The lowest BCUT2D eigenvalue weighted by atomic mass is 10.0. The van der Waals surface area contributed by atoms with Crippen LogP contribution in [0.25, 0.3) is 0 Å². The van der Waals surface area contributed by atoms with E-state index in [1.54, 1.807) is 0 Å². The summed E-state index contributed by atoms with van der Waals surface area (Å²) in [5.41, 5.74) is 0. The third-order valence-electron chi connectivity index (χ3n) is 9.79. The van der Waals surface area contributed by atoms with Crippen LogP contribution < -0.4 is 0 Å². The molecule has 0 aromatic heterocycles. The fourth-order valence-corrected chi connectivity index (χ4v) is 6.45. The van der Waals surface area contributed by atoms with Gasteiger partial charge < -0.3 is 14.2 Å². The molecule has 0 rings (SSSR count). The third kappa shape index (κ3) is 37.7. The molecule has 0 aromatic rings. The maximum Gasteiger partial charge on any atom is 0.306 e. The largest absolute Gasteiger partial charge is 0.462 e. The van der Waals surface area contributed by atoms with Crippen LogP contribution in [0.4, 0.5) is 0 Å². The van der Waals surface area contributed by atoms with Crippen LogP contribution in [0.3, 0.4) is 0 Å². The Morgan fingerprint density at radius 2 is 0.660 bits per heavy atom. The molecule has 0 aliphatic heterocycles. The van der Waals surface area contributed by atoms with Gasteiger partial charge >= 0.3 is 17.9 Å². The van der Waals surface area contributed by atoms with Crippen molar-refractivity contribution in [1.29, 1.82) is 0 Å². The molecule has 0 spiro atoms. The van der Waals surface area contributed by atoms with Crippen molar-refractivity contribution in [2.75, 3.05) is 13.2 Å². The first-order chi connectivity index (χ1) is 24.4. The normalized spacial score (nSPS) is 11.9. The third-order valence-corrected chi connectivity index (χ3v) is 9.79. The molecule has 0 aliphatic rings. The summed E-state index contributed by atoms with van der Waals surface area (Å²) >= 11 is 0. The first-order valence-electron chi connectivity index (χ1n) is 21.9. The number of hydrogen-bond donors (Lipinski definition) is 0. The smallest absolute Gasteiger partial charge is 0.306 e. The Labute approximate surface area is 310 Å². The summed E-state index contributed by atoms with van der Waals surface area (Å²) in [5.74, 6) is -0.0519. The van der Waals surface area contributed by atoms with E-state index in [1.807, 2.05) is 0 Å². The molecule has 296 valence electrons. The van der Waals surface area contributed by atoms with Crippen molar-refractivity contribution in [3.63, 3.8) is 0 Å². The van der Waals surface area contributed by atoms with Crippen molar-refractivity contribution in [2.45, 2.75) is 246 Å². The Kier molecular flexibility index (Phi) is 37.4. The zero-order chi connectivity index (χ0) is 36.8. The van der Waals surface area contributed by atoms with Gasteiger partial charge in [-0.2, -0.15) is 0 Å². The van der Waals surface area contributed by atoms with Gasteiger partial charge in [0.1, 0.15) is 13.2 Å². The lowest BCUT2D eigenvalue weighted by molar-refractivity contribution is -0.167. The van der Waals surface area contributed by atoms with Crippen LogP contribution in [0.1, 0.15) is 240 Å². The molecule has 0 fully saturated rings. The van der Waals surface area contributed by atoms with Gasteiger partial charge in [-0.15, -0.1) is 0 Å². The maximum atomic E-state index is 12.6. The second-order valence-corrected chi connectivity index (χ2v) is 15.5. The molecule has 0 saturated heterocycles. The number of esters is 3. The van der Waals surface area contributed by atoms with Gasteiger partial charge in [0.2, 0.25) is 0 Å². The molecule has 1 atom stereocenters. The number of hydrogen-bond acceptors (Lipinski definition) is 6. The van der Waals surface area contributed by atoms with Crippen molar-refractivity contribution < 1.29 is 28.6 Å². The first-order valence-corrected chi connectivity index (χ1v) is 21.9. The van der Waals surface area contributed by atoms with Gasteiger partial charge in [0.25, 0.3) is 0 Å². The predicted octanol–water partition coefficient (Wildman–Crippen LogP) is 13.6. The fraction of sp³-hybridized carbons (Fsp3) is 0.932. The fourth-order valence-electron chi connectivity index (χ4n) is 6.45. The summed E-state index contributed by atoms with van der Waals surface area (Å²) < 4.78 is 16.7. The number of ether oxygens (including phenoxy) is 3. The van der Waals surface area contributed by atoms with Crippen LogP contribution in [0, 0.1) is 5.92 Å². The lowest BCUT2D eigenvalue weighted by Crippen LogP contribution is -2.30. The molecular formula is C44H84O6. The van der Waals surface area contributed by atoms with E-state index < -0.39 is 6.10 Å². The van der Waals surface area contributed by atoms with Gasteiger partial charge in [-0.25, -0.2) is 0 Å². The van der Waals surface area contributed by atoms with Gasteiger partial charge in [-0.1, -0.05) is 201 Å². The van der Waals surface area contributed by atoms with E-state index >= 15 is 0 Å². The lowest BCUT2D eigenvalue weighted by Gasteiger charge is -2.18. The highest BCUT2D eigenvalue weighted by atomic mass is 16.6. The molecule has 0 saturated carbocycles. The van der Waals surface area contributed by atoms with Gasteiger partial charge in [-0.05, 0) is 25.2 Å². The zero-order valence-corrected chi connectivity index (χ0v) is 33.9. The highest BCUT2D eigenvalue weighted by molar-refractivity contribution is 5.71. The number of rotatable bonds is 39. The Hall–Kier alpha value is -1.59. The average Bonchev–Trinajstić information content (AvgIpc) is 3.09. The molecule has 0 amide bonds. The summed E-state index contributed by atoms with van der Waals surface area (Å²) in [5, 5.41) is 0.